The van der Waals surface area contributed by atoms with Gasteiger partial charge in [-0.1, -0.05) is 34.1 Å². The molecule has 1 amide bonds. The zero-order chi connectivity index (χ0) is 24.0. The van der Waals surface area contributed by atoms with Gasteiger partial charge in [0.05, 0.1) is 23.6 Å². The molecule has 1 aliphatic rings. The summed E-state index contributed by atoms with van der Waals surface area (Å²) in [4.78, 5) is 28.7. The summed E-state index contributed by atoms with van der Waals surface area (Å²) < 4.78 is 25.6. The lowest BCUT2D eigenvalue weighted by Crippen LogP contribution is -2.29. The molecule has 1 N–H and O–H groups in total. The minimum Gasteiger partial charge on any atom is -0.504 e. The normalized spacial score (nSPS) is 15.1. The Morgan fingerprint density at radius 3 is 2.59 bits per heavy atom. The van der Waals surface area contributed by atoms with E-state index in [9.17, 15) is 19.1 Å². The maximum atomic E-state index is 13.6. The van der Waals surface area contributed by atoms with Crippen LogP contribution in [0.2, 0.25) is 0 Å². The van der Waals surface area contributed by atoms with Crippen LogP contribution in [-0.4, -0.2) is 22.5 Å². The molecule has 0 radical (unpaired) electrons. The summed E-state index contributed by atoms with van der Waals surface area (Å²) in [6, 6.07) is 14.8. The molecule has 0 aliphatic carbocycles. The van der Waals surface area contributed by atoms with E-state index in [1.165, 1.54) is 23.1 Å². The van der Waals surface area contributed by atoms with Gasteiger partial charge < -0.3 is 19.2 Å². The molecule has 2 heterocycles. The average molecular weight is 524 g/mol. The standard InChI is InChI=1S/C26H19BrFNO5/c1-2-33-21-11-15(5-9-19(21)30)23-22-24(31)18-12-16(27)6-10-20(18)34-25(22)26(32)29(23)13-14-3-7-17(28)8-4-14/h3-12,23,30H,2,13H2,1H3/t23-/m1/s1. The van der Waals surface area contributed by atoms with E-state index < -0.39 is 11.9 Å². The second-order valence-corrected chi connectivity index (χ2v) is 8.85. The second-order valence-electron chi connectivity index (χ2n) is 7.94. The molecule has 0 saturated carbocycles. The van der Waals surface area contributed by atoms with E-state index in [0.717, 1.165) is 0 Å². The number of rotatable bonds is 5. The first-order chi connectivity index (χ1) is 16.4. The van der Waals surface area contributed by atoms with Crippen LogP contribution in [0.5, 0.6) is 11.5 Å². The number of benzene rings is 3. The van der Waals surface area contributed by atoms with Crippen LogP contribution in [0.3, 0.4) is 0 Å². The Morgan fingerprint density at radius 1 is 1.09 bits per heavy atom. The summed E-state index contributed by atoms with van der Waals surface area (Å²) >= 11 is 3.38. The zero-order valence-electron chi connectivity index (χ0n) is 18.0. The first kappa shape index (κ1) is 22.2. The topological polar surface area (TPSA) is 80.0 Å². The highest BCUT2D eigenvalue weighted by molar-refractivity contribution is 9.10. The fourth-order valence-electron chi connectivity index (χ4n) is 4.26. The van der Waals surface area contributed by atoms with Gasteiger partial charge in [0, 0.05) is 11.0 Å². The van der Waals surface area contributed by atoms with Crippen LogP contribution in [0.1, 0.15) is 40.2 Å². The maximum Gasteiger partial charge on any atom is 0.291 e. The Balaban J connectivity index is 1.72. The summed E-state index contributed by atoms with van der Waals surface area (Å²) in [5.74, 6) is -0.662. The number of phenolic OH excluding ortho intramolecular Hbond substituents is 1. The lowest BCUT2D eigenvalue weighted by molar-refractivity contribution is 0.0714. The molecular formula is C26H19BrFNO5. The Bertz CT molecular complexity index is 1480. The minimum atomic E-state index is -0.785. The summed E-state index contributed by atoms with van der Waals surface area (Å²) in [6.45, 7) is 2.25. The third kappa shape index (κ3) is 3.74. The van der Waals surface area contributed by atoms with E-state index in [4.69, 9.17) is 9.15 Å². The number of amides is 1. The Morgan fingerprint density at radius 2 is 1.85 bits per heavy atom. The van der Waals surface area contributed by atoms with E-state index >= 15 is 0 Å². The van der Waals surface area contributed by atoms with Crippen molar-refractivity contribution >= 4 is 32.8 Å². The molecule has 0 spiro atoms. The third-order valence-electron chi connectivity index (χ3n) is 5.79. The fourth-order valence-corrected chi connectivity index (χ4v) is 4.62. The molecule has 1 atom stereocenters. The third-order valence-corrected chi connectivity index (χ3v) is 6.29. The van der Waals surface area contributed by atoms with Crippen molar-refractivity contribution in [1.82, 2.24) is 4.90 Å². The number of ether oxygens (including phenoxy) is 1. The number of halogens is 2. The van der Waals surface area contributed by atoms with Gasteiger partial charge in [0.15, 0.2) is 16.9 Å². The van der Waals surface area contributed by atoms with Crippen LogP contribution in [0, 0.1) is 5.82 Å². The monoisotopic (exact) mass is 523 g/mol. The minimum absolute atomic E-state index is 0.0297. The van der Waals surface area contributed by atoms with E-state index in [2.05, 4.69) is 15.9 Å². The van der Waals surface area contributed by atoms with Crippen molar-refractivity contribution in [2.45, 2.75) is 19.5 Å². The molecule has 5 rings (SSSR count). The molecule has 34 heavy (non-hydrogen) atoms. The van der Waals surface area contributed by atoms with Crippen LogP contribution < -0.4 is 10.2 Å². The molecule has 1 aliphatic heterocycles. The Hall–Kier alpha value is -3.65. The predicted octanol–water partition coefficient (Wildman–Crippen LogP) is 5.54. The van der Waals surface area contributed by atoms with Gasteiger partial charge in [-0.2, -0.15) is 0 Å². The Labute approximate surface area is 202 Å². The lowest BCUT2D eigenvalue weighted by atomic mass is 9.97. The molecule has 0 fully saturated rings. The second kappa shape index (κ2) is 8.61. The van der Waals surface area contributed by atoms with E-state index in [0.29, 0.717) is 33.2 Å². The van der Waals surface area contributed by atoms with E-state index in [1.807, 2.05) is 0 Å². The number of fused-ring (bicyclic) bond motifs is 2. The molecular weight excluding hydrogens is 505 g/mol. The molecule has 8 heteroatoms. The highest BCUT2D eigenvalue weighted by atomic mass is 79.9. The van der Waals surface area contributed by atoms with Crippen molar-refractivity contribution < 1.29 is 23.4 Å². The first-order valence-corrected chi connectivity index (χ1v) is 11.4. The number of carbonyl (C=O) groups excluding carboxylic acids is 1. The summed E-state index contributed by atoms with van der Waals surface area (Å²) in [6.07, 6.45) is 0. The predicted molar refractivity (Wildman–Crippen MR) is 128 cm³/mol. The van der Waals surface area contributed by atoms with Gasteiger partial charge in [-0.05, 0) is 60.5 Å². The largest absolute Gasteiger partial charge is 0.504 e. The molecule has 172 valence electrons. The quantitative estimate of drug-likeness (QED) is 0.371. The number of phenols is 1. The SMILES string of the molecule is CCOc1cc([C@@H]2c3c(oc4ccc(Br)cc4c3=O)C(=O)N2Cc2ccc(F)cc2)ccc1O. The number of hydrogen-bond donors (Lipinski definition) is 1. The van der Waals surface area contributed by atoms with Crippen LogP contribution >= 0.6 is 15.9 Å². The van der Waals surface area contributed by atoms with Crippen molar-refractivity contribution in [3.63, 3.8) is 0 Å². The van der Waals surface area contributed by atoms with Crippen LogP contribution in [0.4, 0.5) is 4.39 Å². The van der Waals surface area contributed by atoms with Crippen molar-refractivity contribution in [2.24, 2.45) is 0 Å². The fraction of sp³-hybridized carbons (Fsp3) is 0.154. The van der Waals surface area contributed by atoms with E-state index in [1.54, 1.807) is 49.4 Å². The van der Waals surface area contributed by atoms with Crippen molar-refractivity contribution in [3.05, 3.63) is 104 Å². The number of nitrogens with zero attached hydrogens (tertiary/aromatic N) is 1. The molecule has 3 aromatic carbocycles. The molecule has 0 saturated heterocycles. The smallest absolute Gasteiger partial charge is 0.291 e. The molecule has 0 bridgehead atoms. The summed E-state index contributed by atoms with van der Waals surface area (Å²) in [5, 5.41) is 10.5. The molecule has 1 aromatic heterocycles. The maximum absolute atomic E-state index is 13.6. The number of carbonyl (C=O) groups is 1. The van der Waals surface area contributed by atoms with Gasteiger partial charge in [0.1, 0.15) is 11.4 Å². The molecule has 0 unspecified atom stereocenters. The zero-order valence-corrected chi connectivity index (χ0v) is 19.6. The number of hydrogen-bond acceptors (Lipinski definition) is 5. The van der Waals surface area contributed by atoms with Crippen molar-refractivity contribution in [2.75, 3.05) is 6.61 Å². The van der Waals surface area contributed by atoms with Gasteiger partial charge >= 0.3 is 0 Å². The van der Waals surface area contributed by atoms with E-state index in [-0.39, 0.29) is 40.6 Å². The highest BCUT2D eigenvalue weighted by Gasteiger charge is 2.43. The van der Waals surface area contributed by atoms with Crippen molar-refractivity contribution in [1.29, 1.82) is 0 Å². The van der Waals surface area contributed by atoms with Gasteiger partial charge in [-0.15, -0.1) is 0 Å². The van der Waals surface area contributed by atoms with Gasteiger partial charge in [0.2, 0.25) is 5.76 Å². The summed E-state index contributed by atoms with van der Waals surface area (Å²) in [5.41, 5.74) is 1.48. The van der Waals surface area contributed by atoms with Crippen molar-refractivity contribution in [3.8, 4) is 11.5 Å². The Kier molecular flexibility index (Phi) is 5.61. The van der Waals surface area contributed by atoms with Gasteiger partial charge in [-0.3, -0.25) is 9.59 Å². The molecule has 6 nitrogen and oxygen atoms in total. The average Bonchev–Trinajstić information content (AvgIpc) is 3.09. The van der Waals surface area contributed by atoms with Crippen LogP contribution in [-0.2, 0) is 6.54 Å². The number of aromatic hydroxyl groups is 1. The lowest BCUT2D eigenvalue weighted by Gasteiger charge is -2.25. The van der Waals surface area contributed by atoms with Gasteiger partial charge in [0.25, 0.3) is 5.91 Å². The van der Waals surface area contributed by atoms with Gasteiger partial charge in [-0.25, -0.2) is 4.39 Å². The first-order valence-electron chi connectivity index (χ1n) is 10.6. The van der Waals surface area contributed by atoms with Crippen LogP contribution in [0.25, 0.3) is 11.0 Å². The highest BCUT2D eigenvalue weighted by Crippen LogP contribution is 2.41. The summed E-state index contributed by atoms with van der Waals surface area (Å²) in [7, 11) is 0. The molecule has 4 aromatic rings. The van der Waals surface area contributed by atoms with Crippen LogP contribution in [0.15, 0.2) is 74.3 Å².